The second-order valence-electron chi connectivity index (χ2n) is 6.58. The number of benzene rings is 2. The zero-order chi connectivity index (χ0) is 16.9. The van der Waals surface area contributed by atoms with Crippen molar-refractivity contribution in [3.63, 3.8) is 0 Å². The first kappa shape index (κ1) is 16.7. The molecule has 1 unspecified atom stereocenters. The molecule has 2 aromatic rings. The molecular formula is C20H24N2O2. The van der Waals surface area contributed by atoms with Gasteiger partial charge in [0.25, 0.3) is 0 Å². The van der Waals surface area contributed by atoms with Gasteiger partial charge in [-0.1, -0.05) is 42.5 Å². The Balaban J connectivity index is 1.52. The second kappa shape index (κ2) is 7.60. The summed E-state index contributed by atoms with van der Waals surface area (Å²) in [4.78, 5) is 15.8. The Morgan fingerprint density at radius 1 is 1.12 bits per heavy atom. The Morgan fingerprint density at radius 2 is 1.83 bits per heavy atom. The summed E-state index contributed by atoms with van der Waals surface area (Å²) in [6.07, 6.45) is 1.18. The van der Waals surface area contributed by atoms with Gasteiger partial charge in [0.15, 0.2) is 0 Å². The Hall–Kier alpha value is -2.17. The van der Waals surface area contributed by atoms with Crippen LogP contribution >= 0.6 is 0 Å². The summed E-state index contributed by atoms with van der Waals surface area (Å²) >= 11 is 0. The normalized spacial score (nSPS) is 18.2. The van der Waals surface area contributed by atoms with Crippen LogP contribution in [0.2, 0.25) is 0 Å². The van der Waals surface area contributed by atoms with E-state index in [9.17, 15) is 4.79 Å². The monoisotopic (exact) mass is 324 g/mol. The third-order valence-electron chi connectivity index (χ3n) is 4.75. The molecule has 0 bridgehead atoms. The molecule has 0 aromatic heterocycles. The summed E-state index contributed by atoms with van der Waals surface area (Å²) in [6, 6.07) is 18.4. The van der Waals surface area contributed by atoms with Crippen LogP contribution in [0.5, 0.6) is 0 Å². The predicted molar refractivity (Wildman–Crippen MR) is 95.0 cm³/mol. The van der Waals surface area contributed by atoms with E-state index in [0.717, 1.165) is 26.2 Å². The molecule has 1 atom stereocenters. The van der Waals surface area contributed by atoms with Gasteiger partial charge in [-0.15, -0.1) is 0 Å². The highest BCUT2D eigenvalue weighted by Gasteiger charge is 2.25. The number of hydrogen-bond donors (Lipinski definition) is 1. The van der Waals surface area contributed by atoms with E-state index in [1.807, 2.05) is 12.1 Å². The lowest BCUT2D eigenvalue weighted by atomic mass is 10.1. The number of carboxylic acids is 1. The van der Waals surface area contributed by atoms with Crippen LogP contribution in [0.25, 0.3) is 0 Å². The van der Waals surface area contributed by atoms with Gasteiger partial charge in [-0.2, -0.15) is 0 Å². The van der Waals surface area contributed by atoms with E-state index in [4.69, 9.17) is 5.11 Å². The van der Waals surface area contributed by atoms with Gasteiger partial charge < -0.3 is 5.11 Å². The first-order chi connectivity index (χ1) is 11.6. The lowest BCUT2D eigenvalue weighted by Gasteiger charge is -2.25. The lowest BCUT2D eigenvalue weighted by Crippen LogP contribution is -2.34. The highest BCUT2D eigenvalue weighted by Crippen LogP contribution is 2.19. The van der Waals surface area contributed by atoms with Gasteiger partial charge in [-0.25, -0.2) is 4.79 Å². The zero-order valence-electron chi connectivity index (χ0n) is 14.1. The van der Waals surface area contributed by atoms with Gasteiger partial charge in [-0.3, -0.25) is 9.80 Å². The fourth-order valence-electron chi connectivity index (χ4n) is 3.33. The number of likely N-dealkylation sites (N-methyl/N-ethyl adjacent to an activating group) is 1. The van der Waals surface area contributed by atoms with Crippen molar-refractivity contribution < 1.29 is 9.90 Å². The van der Waals surface area contributed by atoms with Gasteiger partial charge in [-0.05, 0) is 36.7 Å². The van der Waals surface area contributed by atoms with Crippen molar-refractivity contribution in [3.05, 3.63) is 71.3 Å². The molecule has 4 heteroatoms. The second-order valence-corrected chi connectivity index (χ2v) is 6.58. The number of carboxylic acid groups (broad SMARTS) is 1. The lowest BCUT2D eigenvalue weighted by molar-refractivity contribution is 0.0697. The molecule has 3 rings (SSSR count). The van der Waals surface area contributed by atoms with Crippen molar-refractivity contribution in [3.8, 4) is 0 Å². The van der Waals surface area contributed by atoms with Gasteiger partial charge in [0.2, 0.25) is 0 Å². The first-order valence-electron chi connectivity index (χ1n) is 8.40. The van der Waals surface area contributed by atoms with Crippen LogP contribution in [0.4, 0.5) is 0 Å². The van der Waals surface area contributed by atoms with Crippen LogP contribution in [-0.2, 0) is 13.1 Å². The molecule has 126 valence electrons. The average Bonchev–Trinajstić information content (AvgIpc) is 3.05. The number of likely N-dealkylation sites (tertiary alicyclic amines) is 1. The summed E-state index contributed by atoms with van der Waals surface area (Å²) in [7, 11) is 2.20. The van der Waals surface area contributed by atoms with Crippen LogP contribution in [0.1, 0.15) is 27.9 Å². The number of aromatic carboxylic acids is 1. The van der Waals surface area contributed by atoms with Crippen molar-refractivity contribution in [1.82, 2.24) is 9.80 Å². The smallest absolute Gasteiger partial charge is 0.335 e. The molecule has 1 aliphatic heterocycles. The molecule has 0 spiro atoms. The molecule has 4 nitrogen and oxygen atoms in total. The van der Waals surface area contributed by atoms with Gasteiger partial charge in [0, 0.05) is 32.2 Å². The van der Waals surface area contributed by atoms with Crippen LogP contribution < -0.4 is 0 Å². The number of carbonyl (C=O) groups is 1. The molecule has 1 saturated heterocycles. The maximum atomic E-state index is 10.9. The molecule has 1 N–H and O–H groups in total. The first-order valence-corrected chi connectivity index (χ1v) is 8.40. The quantitative estimate of drug-likeness (QED) is 0.887. The molecular weight excluding hydrogens is 300 g/mol. The summed E-state index contributed by atoms with van der Waals surface area (Å²) < 4.78 is 0. The predicted octanol–water partition coefficient (Wildman–Crippen LogP) is 3.09. The summed E-state index contributed by atoms with van der Waals surface area (Å²) in [6.45, 7) is 4.01. The number of hydrogen-bond acceptors (Lipinski definition) is 3. The fraction of sp³-hybridized carbons (Fsp3) is 0.350. The summed E-state index contributed by atoms with van der Waals surface area (Å²) in [5, 5.41) is 8.96. The van der Waals surface area contributed by atoms with E-state index < -0.39 is 5.97 Å². The van der Waals surface area contributed by atoms with Crippen molar-refractivity contribution in [2.24, 2.45) is 0 Å². The largest absolute Gasteiger partial charge is 0.478 e. The highest BCUT2D eigenvalue weighted by molar-refractivity contribution is 5.87. The number of nitrogens with zero attached hydrogens (tertiary/aromatic N) is 2. The third-order valence-corrected chi connectivity index (χ3v) is 4.75. The van der Waals surface area contributed by atoms with Crippen molar-refractivity contribution >= 4 is 5.97 Å². The van der Waals surface area contributed by atoms with Crippen LogP contribution in [0.3, 0.4) is 0 Å². The summed E-state index contributed by atoms with van der Waals surface area (Å²) in [5.74, 6) is -0.870. The van der Waals surface area contributed by atoms with Gasteiger partial charge >= 0.3 is 5.97 Å². The molecule has 0 radical (unpaired) electrons. The molecule has 1 heterocycles. The SMILES string of the molecule is CN(Cc1ccccc1)C1CCN(Cc2ccc(C(=O)O)cc2)C1. The molecule has 1 aliphatic rings. The van der Waals surface area contributed by atoms with E-state index in [1.54, 1.807) is 12.1 Å². The van der Waals surface area contributed by atoms with Crippen LogP contribution in [-0.4, -0.2) is 47.1 Å². The summed E-state index contributed by atoms with van der Waals surface area (Å²) in [5.41, 5.74) is 2.87. The standard InChI is InChI=1S/C20H24N2O2/c1-21(13-16-5-3-2-4-6-16)19-11-12-22(15-19)14-17-7-9-18(10-8-17)20(23)24/h2-10,19H,11-15H2,1H3,(H,23,24). The molecule has 0 saturated carbocycles. The minimum absolute atomic E-state index is 0.348. The van der Waals surface area contributed by atoms with Crippen molar-refractivity contribution in [2.45, 2.75) is 25.6 Å². The van der Waals surface area contributed by atoms with Crippen molar-refractivity contribution in [1.29, 1.82) is 0 Å². The zero-order valence-corrected chi connectivity index (χ0v) is 14.1. The van der Waals surface area contributed by atoms with Crippen molar-refractivity contribution in [2.75, 3.05) is 20.1 Å². The van der Waals surface area contributed by atoms with E-state index in [-0.39, 0.29) is 0 Å². The van der Waals surface area contributed by atoms with E-state index in [1.165, 1.54) is 17.5 Å². The van der Waals surface area contributed by atoms with E-state index >= 15 is 0 Å². The fourth-order valence-corrected chi connectivity index (χ4v) is 3.33. The minimum Gasteiger partial charge on any atom is -0.478 e. The van der Waals surface area contributed by atoms with E-state index in [2.05, 4.69) is 47.2 Å². The number of rotatable bonds is 6. The molecule has 24 heavy (non-hydrogen) atoms. The maximum absolute atomic E-state index is 10.9. The minimum atomic E-state index is -0.870. The Bertz CT molecular complexity index is 670. The average molecular weight is 324 g/mol. The van der Waals surface area contributed by atoms with Gasteiger partial charge in [0.1, 0.15) is 0 Å². The van der Waals surface area contributed by atoms with Gasteiger partial charge in [0.05, 0.1) is 5.56 Å². The van der Waals surface area contributed by atoms with E-state index in [0.29, 0.717) is 11.6 Å². The third kappa shape index (κ3) is 4.22. The van der Waals surface area contributed by atoms with Crippen LogP contribution in [0, 0.1) is 0 Å². The maximum Gasteiger partial charge on any atom is 0.335 e. The topological polar surface area (TPSA) is 43.8 Å². The molecule has 0 aliphatic carbocycles. The highest BCUT2D eigenvalue weighted by atomic mass is 16.4. The van der Waals surface area contributed by atoms with Crippen LogP contribution in [0.15, 0.2) is 54.6 Å². The Morgan fingerprint density at radius 3 is 2.50 bits per heavy atom. The molecule has 2 aromatic carbocycles. The Kier molecular flexibility index (Phi) is 5.28. The molecule has 0 amide bonds. The molecule has 1 fully saturated rings. The Labute approximate surface area is 143 Å².